The summed E-state index contributed by atoms with van der Waals surface area (Å²) in [5, 5.41) is 17.9. The Kier molecular flexibility index (Phi) is 5.33. The number of hydrogen-bond donors (Lipinski definition) is 1. The number of rotatable bonds is 9. The first-order chi connectivity index (χ1) is 14.1. The zero-order chi connectivity index (χ0) is 20.4. The lowest BCUT2D eigenvalue weighted by atomic mass is 10.3. The molecule has 10 heteroatoms. The summed E-state index contributed by atoms with van der Waals surface area (Å²) in [4.78, 5) is 9.03. The van der Waals surface area contributed by atoms with E-state index in [4.69, 9.17) is 14.2 Å². The van der Waals surface area contributed by atoms with Gasteiger partial charge in [-0.05, 0) is 25.8 Å². The van der Waals surface area contributed by atoms with Crippen molar-refractivity contribution in [2.24, 2.45) is 0 Å². The Morgan fingerprint density at radius 2 is 2.17 bits per heavy atom. The molecule has 1 fully saturated rings. The van der Waals surface area contributed by atoms with E-state index in [1.165, 1.54) is 0 Å². The normalized spacial score (nSPS) is 14.7. The number of methoxy groups -OCH3 is 2. The number of hydrogen-bond acceptors (Lipinski definition) is 8. The van der Waals surface area contributed by atoms with Gasteiger partial charge >= 0.3 is 0 Å². The van der Waals surface area contributed by atoms with Gasteiger partial charge in [0.25, 0.3) is 5.88 Å². The Hall–Kier alpha value is -3.16. The smallest absolute Gasteiger partial charge is 0.257 e. The quantitative estimate of drug-likeness (QED) is 0.586. The van der Waals surface area contributed by atoms with Gasteiger partial charge in [-0.1, -0.05) is 0 Å². The van der Waals surface area contributed by atoms with Crippen molar-refractivity contribution in [2.45, 2.75) is 38.6 Å². The molecule has 10 nitrogen and oxygen atoms in total. The first kappa shape index (κ1) is 19.2. The number of fused-ring (bicyclic) bond motifs is 1. The summed E-state index contributed by atoms with van der Waals surface area (Å²) in [5.74, 6) is 0.887. The maximum Gasteiger partial charge on any atom is 0.257 e. The molecule has 0 amide bonds. The summed E-state index contributed by atoms with van der Waals surface area (Å²) >= 11 is 0. The summed E-state index contributed by atoms with van der Waals surface area (Å²) in [5.41, 5.74) is 1.84. The van der Waals surface area contributed by atoms with Crippen molar-refractivity contribution in [3.63, 3.8) is 0 Å². The molecular weight excluding hydrogens is 374 g/mol. The number of anilines is 2. The van der Waals surface area contributed by atoms with Crippen LogP contribution in [0, 0.1) is 11.3 Å². The van der Waals surface area contributed by atoms with E-state index < -0.39 is 0 Å². The highest BCUT2D eigenvalue weighted by molar-refractivity contribution is 5.79. The molecule has 1 aliphatic carbocycles. The van der Waals surface area contributed by atoms with Crippen LogP contribution >= 0.6 is 0 Å². The average molecular weight is 397 g/mol. The van der Waals surface area contributed by atoms with Crippen molar-refractivity contribution in [3.05, 3.63) is 24.2 Å². The van der Waals surface area contributed by atoms with Gasteiger partial charge in [-0.3, -0.25) is 0 Å². The van der Waals surface area contributed by atoms with Crippen molar-refractivity contribution >= 4 is 22.7 Å². The third kappa shape index (κ3) is 4.01. The minimum atomic E-state index is -0.0480. The van der Waals surface area contributed by atoms with Crippen LogP contribution in [-0.4, -0.2) is 51.2 Å². The lowest BCUT2D eigenvalue weighted by Crippen LogP contribution is -2.13. The second kappa shape index (κ2) is 8.06. The van der Waals surface area contributed by atoms with Gasteiger partial charge in [-0.25, -0.2) is 9.67 Å². The Morgan fingerprint density at radius 1 is 1.34 bits per heavy atom. The zero-order valence-corrected chi connectivity index (χ0v) is 16.6. The second-order valence-corrected chi connectivity index (χ2v) is 7.04. The zero-order valence-electron chi connectivity index (χ0n) is 16.6. The molecule has 1 aliphatic rings. The molecule has 0 saturated heterocycles. The van der Waals surface area contributed by atoms with Crippen molar-refractivity contribution in [1.29, 1.82) is 5.26 Å². The fraction of sp³-hybridized carbons (Fsp3) is 0.474. The van der Waals surface area contributed by atoms with Gasteiger partial charge in [0.1, 0.15) is 35.9 Å². The standard InChI is InChI=1S/C19H23N7O3/c1-12(10-27-2)26-14(7-20)6-13-8-21-19(23-17(13)26)22-16-9-25(11-28-3)24-18(16)29-15-4-5-15/h6,8-9,12,15H,4-5,10-11H2,1-3H3,(H,21,22,23). The number of aromatic nitrogens is 5. The van der Waals surface area contributed by atoms with Crippen LogP contribution in [0.25, 0.3) is 11.0 Å². The minimum Gasteiger partial charge on any atom is -0.472 e. The van der Waals surface area contributed by atoms with E-state index in [-0.39, 0.29) is 12.1 Å². The molecule has 29 heavy (non-hydrogen) atoms. The van der Waals surface area contributed by atoms with E-state index in [1.807, 2.05) is 11.5 Å². The molecule has 1 atom stereocenters. The van der Waals surface area contributed by atoms with Crippen LogP contribution in [-0.2, 0) is 16.2 Å². The van der Waals surface area contributed by atoms with Crippen LogP contribution in [0.4, 0.5) is 11.6 Å². The lowest BCUT2D eigenvalue weighted by Gasteiger charge is -2.15. The van der Waals surface area contributed by atoms with Crippen molar-refractivity contribution in [2.75, 3.05) is 26.1 Å². The molecular formula is C19H23N7O3. The van der Waals surface area contributed by atoms with Crippen LogP contribution in [0.2, 0.25) is 0 Å². The predicted molar refractivity (Wildman–Crippen MR) is 105 cm³/mol. The molecule has 4 rings (SSSR count). The molecule has 152 valence electrons. The summed E-state index contributed by atoms with van der Waals surface area (Å²) in [7, 11) is 3.24. The maximum absolute atomic E-state index is 9.51. The molecule has 0 aliphatic heterocycles. The van der Waals surface area contributed by atoms with E-state index in [2.05, 4.69) is 26.5 Å². The van der Waals surface area contributed by atoms with Crippen LogP contribution in [0.5, 0.6) is 5.88 Å². The Labute approximate surface area is 168 Å². The number of nitriles is 1. The van der Waals surface area contributed by atoms with E-state index in [9.17, 15) is 5.26 Å². The predicted octanol–water partition coefficient (Wildman–Crippen LogP) is 2.60. The van der Waals surface area contributed by atoms with Gasteiger partial charge in [-0.15, -0.1) is 5.10 Å². The molecule has 1 unspecified atom stereocenters. The molecule has 3 heterocycles. The van der Waals surface area contributed by atoms with Crippen LogP contribution in [0.1, 0.15) is 31.5 Å². The van der Waals surface area contributed by atoms with Gasteiger partial charge in [0.15, 0.2) is 0 Å². The van der Waals surface area contributed by atoms with E-state index in [1.54, 1.807) is 37.4 Å². The van der Waals surface area contributed by atoms with Crippen LogP contribution < -0.4 is 10.1 Å². The summed E-state index contributed by atoms with van der Waals surface area (Å²) in [6.07, 6.45) is 5.75. The Bertz CT molecular complexity index is 1050. The first-order valence-corrected chi connectivity index (χ1v) is 9.40. The van der Waals surface area contributed by atoms with Gasteiger partial charge in [0, 0.05) is 25.8 Å². The number of ether oxygens (including phenoxy) is 3. The van der Waals surface area contributed by atoms with Gasteiger partial charge in [-0.2, -0.15) is 10.2 Å². The second-order valence-electron chi connectivity index (χ2n) is 7.04. The van der Waals surface area contributed by atoms with E-state index >= 15 is 0 Å². The van der Waals surface area contributed by atoms with Gasteiger partial charge < -0.3 is 24.1 Å². The van der Waals surface area contributed by atoms with E-state index in [0.717, 1.165) is 18.2 Å². The topological polar surface area (TPSA) is 112 Å². The van der Waals surface area contributed by atoms with Crippen molar-refractivity contribution in [1.82, 2.24) is 24.3 Å². The number of nitrogens with one attached hydrogen (secondary N) is 1. The highest BCUT2D eigenvalue weighted by Crippen LogP contribution is 2.32. The fourth-order valence-electron chi connectivity index (χ4n) is 3.16. The third-order valence-corrected chi connectivity index (χ3v) is 4.58. The molecule has 3 aromatic rings. The SMILES string of the molecule is COCC(C)n1c(C#N)cc2cnc(Nc3cn(COC)nc3OC3CC3)nc21. The molecule has 0 radical (unpaired) electrons. The largest absolute Gasteiger partial charge is 0.472 e. The van der Waals surface area contributed by atoms with Gasteiger partial charge in [0.05, 0.1) is 18.8 Å². The number of nitrogens with zero attached hydrogens (tertiary/aromatic N) is 6. The average Bonchev–Trinajstić information content (AvgIpc) is 3.33. The highest BCUT2D eigenvalue weighted by Gasteiger charge is 2.26. The van der Waals surface area contributed by atoms with E-state index in [0.29, 0.717) is 42.2 Å². The van der Waals surface area contributed by atoms with Crippen LogP contribution in [0.3, 0.4) is 0 Å². The van der Waals surface area contributed by atoms with Crippen molar-refractivity contribution in [3.8, 4) is 11.9 Å². The first-order valence-electron chi connectivity index (χ1n) is 9.40. The summed E-state index contributed by atoms with van der Waals surface area (Å²) in [6.45, 7) is 2.76. The molecule has 1 N–H and O–H groups in total. The van der Waals surface area contributed by atoms with Gasteiger partial charge in [0.2, 0.25) is 5.95 Å². The Balaban J connectivity index is 1.68. The summed E-state index contributed by atoms with van der Waals surface area (Å²) < 4.78 is 19.8. The molecule has 0 bridgehead atoms. The highest BCUT2D eigenvalue weighted by atomic mass is 16.5. The Morgan fingerprint density at radius 3 is 2.86 bits per heavy atom. The molecule has 1 saturated carbocycles. The lowest BCUT2D eigenvalue weighted by molar-refractivity contribution is 0.118. The molecule has 0 spiro atoms. The molecule has 0 aromatic carbocycles. The summed E-state index contributed by atoms with van der Waals surface area (Å²) in [6, 6.07) is 3.95. The fourth-order valence-corrected chi connectivity index (χ4v) is 3.16. The third-order valence-electron chi connectivity index (χ3n) is 4.58. The maximum atomic E-state index is 9.51. The molecule has 3 aromatic heterocycles. The minimum absolute atomic E-state index is 0.0480. The monoisotopic (exact) mass is 397 g/mol. The van der Waals surface area contributed by atoms with Crippen molar-refractivity contribution < 1.29 is 14.2 Å². The van der Waals surface area contributed by atoms with Crippen LogP contribution in [0.15, 0.2) is 18.5 Å².